The second-order valence-corrected chi connectivity index (χ2v) is 8.36. The highest BCUT2D eigenvalue weighted by Gasteiger charge is 2.82. The molecule has 1 amide bonds. The van der Waals surface area contributed by atoms with E-state index in [9.17, 15) is 9.59 Å². The van der Waals surface area contributed by atoms with Crippen molar-refractivity contribution in [1.82, 2.24) is 4.90 Å². The predicted octanol–water partition coefficient (Wildman–Crippen LogP) is 1.55. The molecule has 3 heterocycles. The van der Waals surface area contributed by atoms with Gasteiger partial charge in [-0.15, -0.1) is 6.58 Å². The van der Waals surface area contributed by atoms with Crippen molar-refractivity contribution in [3.05, 3.63) is 42.5 Å². The molecule has 2 aliphatic carbocycles. The molecular formula is C20H20N2O3. The summed E-state index contributed by atoms with van der Waals surface area (Å²) in [5.74, 6) is 0.00234. The number of nitrogens with zero attached hydrogens (tertiary/aromatic N) is 1. The average molecular weight is 336 g/mol. The molecule has 1 aromatic carbocycles. The number of carbonyl (C=O) groups excluding carboxylic acids is 2. The lowest BCUT2D eigenvalue weighted by Gasteiger charge is -2.53. The number of para-hydroxylation sites is 1. The number of rotatable bonds is 1. The fraction of sp³-hybridized carbons (Fsp3) is 0.500. The lowest BCUT2D eigenvalue weighted by molar-refractivity contribution is -0.181. The Bertz CT molecular complexity index is 866. The summed E-state index contributed by atoms with van der Waals surface area (Å²) in [5, 5.41) is 3.08. The van der Waals surface area contributed by atoms with Gasteiger partial charge in [0.15, 0.2) is 0 Å². The van der Waals surface area contributed by atoms with Gasteiger partial charge >= 0.3 is 5.97 Å². The molecule has 5 aliphatic rings. The number of esters is 1. The molecule has 4 fully saturated rings. The topological polar surface area (TPSA) is 58.6 Å². The molecule has 0 unspecified atom stereocenters. The summed E-state index contributed by atoms with van der Waals surface area (Å²) in [6.45, 7) is 5.03. The van der Waals surface area contributed by atoms with Crippen molar-refractivity contribution >= 4 is 17.6 Å². The van der Waals surface area contributed by atoms with Crippen LogP contribution in [0.15, 0.2) is 36.9 Å². The van der Waals surface area contributed by atoms with Crippen LogP contribution in [0.2, 0.25) is 0 Å². The number of benzene rings is 1. The van der Waals surface area contributed by atoms with E-state index in [0.717, 1.165) is 24.2 Å². The minimum Gasteiger partial charge on any atom is -0.461 e. The molecule has 1 aromatic rings. The Morgan fingerprint density at radius 1 is 1.36 bits per heavy atom. The highest BCUT2D eigenvalue weighted by Crippen LogP contribution is 2.73. The van der Waals surface area contributed by atoms with Crippen molar-refractivity contribution in [2.24, 2.45) is 23.2 Å². The molecule has 5 bridgehead atoms. The summed E-state index contributed by atoms with van der Waals surface area (Å²) in [6, 6.07) is 7.93. The molecule has 25 heavy (non-hydrogen) atoms. The summed E-state index contributed by atoms with van der Waals surface area (Å²) in [4.78, 5) is 28.5. The first-order valence-corrected chi connectivity index (χ1v) is 9.01. The van der Waals surface area contributed by atoms with Crippen molar-refractivity contribution in [3.63, 3.8) is 0 Å². The lowest BCUT2D eigenvalue weighted by Crippen LogP contribution is -2.62. The monoisotopic (exact) mass is 336 g/mol. The van der Waals surface area contributed by atoms with Gasteiger partial charge in [-0.1, -0.05) is 24.3 Å². The van der Waals surface area contributed by atoms with Crippen LogP contribution in [-0.2, 0) is 19.7 Å². The first-order chi connectivity index (χ1) is 12.1. The van der Waals surface area contributed by atoms with Crippen molar-refractivity contribution in [2.75, 3.05) is 18.9 Å². The number of nitrogens with one attached hydrogen (secondary N) is 1. The Kier molecular flexibility index (Phi) is 2.24. The smallest absolute Gasteiger partial charge is 0.311 e. The zero-order valence-electron chi connectivity index (χ0n) is 14.1. The number of ether oxygens (including phenoxy) is 1. The van der Waals surface area contributed by atoms with Crippen LogP contribution in [0.4, 0.5) is 5.69 Å². The van der Waals surface area contributed by atoms with Crippen LogP contribution in [-0.4, -0.2) is 42.5 Å². The largest absolute Gasteiger partial charge is 0.461 e. The normalized spacial score (nSPS) is 48.6. The molecule has 7 atom stereocenters. The fourth-order valence-electron chi connectivity index (χ4n) is 7.22. The van der Waals surface area contributed by atoms with Gasteiger partial charge in [0.25, 0.3) is 0 Å². The second kappa shape index (κ2) is 3.98. The maximum absolute atomic E-state index is 13.4. The number of anilines is 1. The van der Waals surface area contributed by atoms with Crippen molar-refractivity contribution in [3.8, 4) is 0 Å². The molecule has 0 radical (unpaired) electrons. The van der Waals surface area contributed by atoms with E-state index in [0.29, 0.717) is 0 Å². The van der Waals surface area contributed by atoms with Crippen LogP contribution in [0, 0.1) is 23.2 Å². The fourth-order valence-corrected chi connectivity index (χ4v) is 7.22. The molecule has 5 heteroatoms. The first kappa shape index (κ1) is 14.1. The van der Waals surface area contributed by atoms with Crippen LogP contribution in [0.1, 0.15) is 12.0 Å². The zero-order valence-corrected chi connectivity index (χ0v) is 14.1. The van der Waals surface area contributed by atoms with Crippen LogP contribution in [0.5, 0.6) is 0 Å². The second-order valence-electron chi connectivity index (χ2n) is 8.36. The van der Waals surface area contributed by atoms with Crippen LogP contribution >= 0.6 is 0 Å². The van der Waals surface area contributed by atoms with Gasteiger partial charge in [0.2, 0.25) is 5.91 Å². The van der Waals surface area contributed by atoms with Crippen LogP contribution < -0.4 is 5.32 Å². The number of hydrogen-bond acceptors (Lipinski definition) is 4. The molecule has 2 saturated heterocycles. The molecule has 1 N–H and O–H groups in total. The van der Waals surface area contributed by atoms with E-state index in [1.807, 2.05) is 30.3 Å². The third-order valence-corrected chi connectivity index (χ3v) is 7.82. The van der Waals surface area contributed by atoms with Gasteiger partial charge in [-0.05, 0) is 31.0 Å². The summed E-state index contributed by atoms with van der Waals surface area (Å²) < 4.78 is 5.91. The van der Waals surface area contributed by atoms with Gasteiger partial charge < -0.3 is 15.0 Å². The van der Waals surface area contributed by atoms with Gasteiger partial charge in [0, 0.05) is 29.6 Å². The summed E-state index contributed by atoms with van der Waals surface area (Å²) >= 11 is 0. The Balaban J connectivity index is 1.71. The lowest BCUT2D eigenvalue weighted by atomic mass is 9.51. The maximum atomic E-state index is 13.4. The van der Waals surface area contributed by atoms with Crippen LogP contribution in [0.25, 0.3) is 0 Å². The predicted molar refractivity (Wildman–Crippen MR) is 90.8 cm³/mol. The van der Waals surface area contributed by atoms with E-state index in [1.54, 1.807) is 0 Å². The number of carbonyl (C=O) groups is 2. The van der Waals surface area contributed by atoms with Gasteiger partial charge in [-0.3, -0.25) is 9.59 Å². The minimum atomic E-state index is -0.794. The Labute approximate surface area is 146 Å². The Morgan fingerprint density at radius 2 is 2.16 bits per heavy atom. The average Bonchev–Trinajstić information content (AvgIpc) is 3.09. The van der Waals surface area contributed by atoms with Gasteiger partial charge in [0.1, 0.15) is 11.5 Å². The molecule has 128 valence electrons. The first-order valence-electron chi connectivity index (χ1n) is 9.01. The SMILES string of the molecule is C=C[C@]12CN(C)[C@@H]3[C@H]4C(=O)O[C@H](C[C@H]41)[C@@]1(C(=O)Nc4ccccc41)[C@@H]32. The van der Waals surface area contributed by atoms with Crippen molar-refractivity contribution in [2.45, 2.75) is 24.0 Å². The molecule has 3 aliphatic heterocycles. The number of fused-ring (bicyclic) bond motifs is 5. The molecule has 0 aromatic heterocycles. The molecular weight excluding hydrogens is 316 g/mol. The van der Waals surface area contributed by atoms with Crippen LogP contribution in [0.3, 0.4) is 0 Å². The van der Waals surface area contributed by atoms with Crippen molar-refractivity contribution < 1.29 is 14.3 Å². The molecule has 1 spiro atoms. The van der Waals surface area contributed by atoms with E-state index >= 15 is 0 Å². The maximum Gasteiger partial charge on any atom is 0.311 e. The third kappa shape index (κ3) is 1.20. The van der Waals surface area contributed by atoms with E-state index in [2.05, 4.69) is 23.8 Å². The third-order valence-electron chi connectivity index (χ3n) is 7.82. The minimum absolute atomic E-state index is 0.0102. The molecule has 5 nitrogen and oxygen atoms in total. The standard InChI is InChI=1S/C20H20N2O3/c1-3-19-9-22(2)15-14-11(19)8-13(25-17(14)23)20(16(15)19)10-6-4-5-7-12(10)21-18(20)24/h3-7,11,13-16H,1,8-9H2,2H3,(H,21,24)/t11-,13-,14+,15-,16+,19+,20-/m1/s1. The van der Waals surface area contributed by atoms with Crippen molar-refractivity contribution in [1.29, 1.82) is 0 Å². The Morgan fingerprint density at radius 3 is 2.96 bits per heavy atom. The van der Waals surface area contributed by atoms with Gasteiger partial charge in [-0.2, -0.15) is 0 Å². The molecule has 6 rings (SSSR count). The molecule has 2 saturated carbocycles. The Hall–Kier alpha value is -2.14. The highest BCUT2D eigenvalue weighted by atomic mass is 16.5. The number of piperidine rings is 1. The van der Waals surface area contributed by atoms with E-state index in [-0.39, 0.29) is 47.2 Å². The quantitative estimate of drug-likeness (QED) is 0.624. The zero-order chi connectivity index (χ0) is 17.1. The highest BCUT2D eigenvalue weighted by molar-refractivity contribution is 6.08. The summed E-state index contributed by atoms with van der Waals surface area (Å²) in [6.07, 6.45) is 2.42. The number of hydrogen-bond donors (Lipinski definition) is 1. The van der Waals surface area contributed by atoms with Gasteiger partial charge in [0.05, 0.1) is 5.92 Å². The summed E-state index contributed by atoms with van der Waals surface area (Å²) in [5.41, 5.74) is 0.862. The number of likely N-dealkylation sites (tertiary alicyclic amines) is 1. The number of amides is 1. The van der Waals surface area contributed by atoms with E-state index in [4.69, 9.17) is 4.74 Å². The van der Waals surface area contributed by atoms with E-state index in [1.165, 1.54) is 0 Å². The van der Waals surface area contributed by atoms with Gasteiger partial charge in [-0.25, -0.2) is 0 Å². The summed E-state index contributed by atoms with van der Waals surface area (Å²) in [7, 11) is 2.07. The van der Waals surface area contributed by atoms with E-state index < -0.39 is 5.41 Å².